The van der Waals surface area contributed by atoms with Crippen molar-refractivity contribution in [2.24, 2.45) is 0 Å². The lowest BCUT2D eigenvalue weighted by molar-refractivity contribution is 0.158. The summed E-state index contributed by atoms with van der Waals surface area (Å²) >= 11 is 0. The van der Waals surface area contributed by atoms with Crippen LogP contribution in [-0.4, -0.2) is 11.8 Å². The van der Waals surface area contributed by atoms with Crippen LogP contribution < -0.4 is 5.48 Å². The van der Waals surface area contributed by atoms with E-state index in [1.807, 2.05) is 0 Å². The van der Waals surface area contributed by atoms with Crippen molar-refractivity contribution in [2.75, 3.05) is 6.54 Å². The summed E-state index contributed by atoms with van der Waals surface area (Å²) in [5.41, 5.74) is 2.79. The summed E-state index contributed by atoms with van der Waals surface area (Å²) in [6.45, 7) is 3.88. The van der Waals surface area contributed by atoms with Gasteiger partial charge in [0.15, 0.2) is 0 Å². The molecule has 0 heterocycles. The third-order valence-electron chi connectivity index (χ3n) is 0.258. The zero-order valence-corrected chi connectivity index (χ0v) is 3.02. The van der Waals surface area contributed by atoms with Crippen molar-refractivity contribution in [3.63, 3.8) is 0 Å². The van der Waals surface area contributed by atoms with E-state index in [1.54, 1.807) is 0 Å². The average molecular weight is 73.1 g/mol. The van der Waals surface area contributed by atoms with Gasteiger partial charge in [-0.15, -0.1) is 5.48 Å². The smallest absolute Gasteiger partial charge is 0.0424 e. The first-order chi connectivity index (χ1) is 2.41. The molecular weight excluding hydrogens is 66.0 g/mol. The number of hydrogen-bond donors (Lipinski definition) is 1. The molecule has 0 rings (SSSR count). The number of hydrogen-bond acceptors (Lipinski definition) is 1. The molecule has 5 heavy (non-hydrogen) atoms. The number of nitrogens with zero attached hydrogens (tertiary/aromatic N) is 1. The summed E-state index contributed by atoms with van der Waals surface area (Å²) in [7, 11) is 0. The lowest BCUT2D eigenvalue weighted by atomic mass is 10.5. The summed E-state index contributed by atoms with van der Waals surface area (Å²) in [5, 5.41) is 7.65. The monoisotopic (exact) mass is 73.1 g/mol. The molecule has 2 heteroatoms. The second-order valence-electron chi connectivity index (χ2n) is 0.719. The maximum atomic E-state index is 7.65. The van der Waals surface area contributed by atoms with E-state index in [-0.39, 0.29) is 0 Å². The summed E-state index contributed by atoms with van der Waals surface area (Å²) in [6.07, 6.45) is 0.677. The van der Waals surface area contributed by atoms with Gasteiger partial charge in [0.1, 0.15) is 0 Å². The molecule has 0 aliphatic carbocycles. The Bertz CT molecular complexity index is 14.4. The maximum Gasteiger partial charge on any atom is 0.0424 e. The maximum absolute atomic E-state index is 7.65. The van der Waals surface area contributed by atoms with Gasteiger partial charge < -0.3 is 0 Å². The number of hydroxylamine groups is 1. The molecule has 0 fully saturated rings. The van der Waals surface area contributed by atoms with Crippen LogP contribution in [0.3, 0.4) is 0 Å². The van der Waals surface area contributed by atoms with Crippen LogP contribution in [0, 0.1) is 6.92 Å². The van der Waals surface area contributed by atoms with Gasteiger partial charge in [-0.05, 0) is 6.42 Å². The predicted molar refractivity (Wildman–Crippen MR) is 18.8 cm³/mol. The fourth-order valence-corrected chi connectivity index (χ4v) is 0.0707. The molecule has 0 aromatic rings. The summed E-state index contributed by atoms with van der Waals surface area (Å²) < 4.78 is 0. The van der Waals surface area contributed by atoms with Crippen LogP contribution in [0.2, 0.25) is 0 Å². The highest BCUT2D eigenvalue weighted by molar-refractivity contribution is 4.35. The molecule has 0 bridgehead atoms. The van der Waals surface area contributed by atoms with Gasteiger partial charge in [-0.3, -0.25) is 5.21 Å². The fraction of sp³-hybridized carbons (Fsp3) is 0.667. The van der Waals surface area contributed by atoms with Crippen LogP contribution in [0.5, 0.6) is 0 Å². The number of rotatable bonds is 2. The lowest BCUT2D eigenvalue weighted by Crippen LogP contribution is -1.96. The van der Waals surface area contributed by atoms with Gasteiger partial charge in [-0.25, -0.2) is 0 Å². The van der Waals surface area contributed by atoms with Crippen molar-refractivity contribution in [3.05, 3.63) is 6.92 Å². The molecule has 0 aliphatic heterocycles. The zero-order valence-electron chi connectivity index (χ0n) is 3.02. The van der Waals surface area contributed by atoms with Crippen LogP contribution >= 0.6 is 0 Å². The van der Waals surface area contributed by atoms with E-state index in [0.717, 1.165) is 0 Å². The van der Waals surface area contributed by atoms with Crippen molar-refractivity contribution < 1.29 is 5.21 Å². The second kappa shape index (κ2) is 3.92. The van der Waals surface area contributed by atoms with E-state index in [1.165, 1.54) is 0 Å². The Morgan fingerprint density at radius 1 is 1.80 bits per heavy atom. The van der Waals surface area contributed by atoms with E-state index in [9.17, 15) is 0 Å². The Labute approximate surface area is 31.8 Å². The molecule has 2 radical (unpaired) electrons. The lowest BCUT2D eigenvalue weighted by Gasteiger charge is -1.79. The van der Waals surface area contributed by atoms with Crippen LogP contribution in [0.4, 0.5) is 0 Å². The Morgan fingerprint density at radius 2 is 2.40 bits per heavy atom. The highest BCUT2D eigenvalue weighted by Gasteiger charge is 1.69. The van der Waals surface area contributed by atoms with E-state index in [4.69, 9.17) is 5.21 Å². The van der Waals surface area contributed by atoms with Gasteiger partial charge in [0.25, 0.3) is 0 Å². The minimum atomic E-state index is 0.458. The molecular formula is C3H7NO. The second-order valence-corrected chi connectivity index (χ2v) is 0.719. The molecule has 0 aliphatic rings. The normalized spacial score (nSPS) is 8.40. The van der Waals surface area contributed by atoms with Crippen molar-refractivity contribution in [3.8, 4) is 0 Å². The molecule has 2 nitrogen and oxygen atoms in total. The summed E-state index contributed by atoms with van der Waals surface area (Å²) in [5.74, 6) is 0. The van der Waals surface area contributed by atoms with Gasteiger partial charge in [-0.1, -0.05) is 6.92 Å². The molecule has 0 aromatic heterocycles. The molecule has 0 amide bonds. The van der Waals surface area contributed by atoms with Crippen LogP contribution in [0.25, 0.3) is 0 Å². The average Bonchev–Trinajstić information content (AvgIpc) is 1.41. The molecule has 0 spiro atoms. The minimum absolute atomic E-state index is 0.458. The van der Waals surface area contributed by atoms with Gasteiger partial charge in [-0.2, -0.15) is 0 Å². The molecule has 0 saturated heterocycles. The highest BCUT2D eigenvalue weighted by atomic mass is 16.5. The fourth-order valence-electron chi connectivity index (χ4n) is 0.0707. The predicted octanol–water partition coefficient (Wildman–Crippen LogP) is 0.204. The van der Waals surface area contributed by atoms with Crippen molar-refractivity contribution >= 4 is 0 Å². The quantitative estimate of drug-likeness (QED) is 0.465. The van der Waals surface area contributed by atoms with Gasteiger partial charge in [0.2, 0.25) is 0 Å². The Balaban J connectivity index is 2.19. The van der Waals surface area contributed by atoms with Gasteiger partial charge in [0, 0.05) is 6.54 Å². The van der Waals surface area contributed by atoms with Crippen LogP contribution in [0.15, 0.2) is 0 Å². The molecule has 0 atom stereocenters. The van der Waals surface area contributed by atoms with E-state index >= 15 is 0 Å². The van der Waals surface area contributed by atoms with E-state index in [2.05, 4.69) is 12.4 Å². The first-order valence-corrected chi connectivity index (χ1v) is 1.52. The standard InChI is InChI=1S/C3H7NO/c1-2-3-4-5/h5H,1-3H2. The van der Waals surface area contributed by atoms with Crippen molar-refractivity contribution in [1.82, 2.24) is 5.48 Å². The highest BCUT2D eigenvalue weighted by Crippen LogP contribution is 1.63. The first kappa shape index (κ1) is 4.92. The van der Waals surface area contributed by atoms with Crippen molar-refractivity contribution in [1.29, 1.82) is 0 Å². The van der Waals surface area contributed by atoms with Gasteiger partial charge in [0.05, 0.1) is 0 Å². The largest absolute Gasteiger partial charge is 0.297 e. The SMILES string of the molecule is [CH2]CC[N]O. The molecule has 30 valence electrons. The molecule has 0 unspecified atom stereocenters. The van der Waals surface area contributed by atoms with Gasteiger partial charge >= 0.3 is 0 Å². The molecule has 0 aromatic carbocycles. The van der Waals surface area contributed by atoms with Crippen LogP contribution in [0.1, 0.15) is 6.42 Å². The third kappa shape index (κ3) is 3.92. The minimum Gasteiger partial charge on any atom is -0.297 e. The Hall–Kier alpha value is -0.0800. The zero-order chi connectivity index (χ0) is 4.12. The van der Waals surface area contributed by atoms with E-state index < -0.39 is 0 Å². The topological polar surface area (TPSA) is 34.3 Å². The van der Waals surface area contributed by atoms with Crippen molar-refractivity contribution in [2.45, 2.75) is 6.42 Å². The molecule has 1 N–H and O–H groups in total. The first-order valence-electron chi connectivity index (χ1n) is 1.52. The molecule has 0 saturated carbocycles. The Kier molecular flexibility index (Phi) is 3.86. The summed E-state index contributed by atoms with van der Waals surface area (Å²) in [4.78, 5) is 0. The summed E-state index contributed by atoms with van der Waals surface area (Å²) in [6, 6.07) is 0. The van der Waals surface area contributed by atoms with Crippen LogP contribution in [-0.2, 0) is 0 Å². The Morgan fingerprint density at radius 3 is 2.40 bits per heavy atom. The van der Waals surface area contributed by atoms with E-state index in [0.29, 0.717) is 13.0 Å². The third-order valence-corrected chi connectivity index (χ3v) is 0.258.